The van der Waals surface area contributed by atoms with E-state index in [4.69, 9.17) is 21.9 Å². The number of aromatic nitrogens is 2. The van der Waals surface area contributed by atoms with E-state index in [0.717, 1.165) is 37.7 Å². The molecule has 0 bridgehead atoms. The normalized spacial score (nSPS) is 19.4. The minimum atomic E-state index is -0.0779. The molecule has 6 nitrogen and oxygen atoms in total. The molecule has 0 saturated carbocycles. The Kier molecular flexibility index (Phi) is 6.87. The second kappa shape index (κ2) is 10.5. The second-order valence-corrected chi connectivity index (χ2v) is 11.0. The highest BCUT2D eigenvalue weighted by Gasteiger charge is 2.42. The van der Waals surface area contributed by atoms with Crippen LogP contribution in [-0.2, 0) is 4.74 Å². The first-order chi connectivity index (χ1) is 18.9. The monoisotopic (exact) mass is 537 g/mol. The molecule has 2 aromatic heterocycles. The van der Waals surface area contributed by atoms with Crippen molar-refractivity contribution in [2.75, 3.05) is 36.1 Å². The van der Waals surface area contributed by atoms with E-state index in [1.54, 1.807) is 0 Å². The molecule has 2 aromatic carbocycles. The van der Waals surface area contributed by atoms with Crippen molar-refractivity contribution in [3.8, 4) is 5.69 Å². The van der Waals surface area contributed by atoms with E-state index in [-0.39, 0.29) is 12.1 Å². The molecule has 6 rings (SSSR count). The topological polar surface area (TPSA) is 45.6 Å². The van der Waals surface area contributed by atoms with Gasteiger partial charge in [-0.3, -0.25) is 4.98 Å². The highest BCUT2D eigenvalue weighted by atomic mass is 32.1. The molecule has 39 heavy (non-hydrogen) atoms. The third-order valence-corrected chi connectivity index (χ3v) is 8.17. The Morgan fingerprint density at radius 1 is 0.846 bits per heavy atom. The zero-order valence-corrected chi connectivity index (χ0v) is 23.8. The summed E-state index contributed by atoms with van der Waals surface area (Å²) in [5.74, 6) is 0. The van der Waals surface area contributed by atoms with Crippen LogP contribution in [0.4, 0.5) is 11.4 Å². The summed E-state index contributed by atoms with van der Waals surface area (Å²) in [4.78, 5) is 9.38. The van der Waals surface area contributed by atoms with Gasteiger partial charge in [-0.05, 0) is 111 Å². The Morgan fingerprint density at radius 3 is 2.21 bits per heavy atom. The van der Waals surface area contributed by atoms with Gasteiger partial charge in [-0.1, -0.05) is 12.1 Å². The van der Waals surface area contributed by atoms with Crippen LogP contribution in [0.15, 0.2) is 72.9 Å². The summed E-state index contributed by atoms with van der Waals surface area (Å²) >= 11 is 6.00. The van der Waals surface area contributed by atoms with Gasteiger partial charge in [0.25, 0.3) is 0 Å². The third kappa shape index (κ3) is 4.81. The van der Waals surface area contributed by atoms with Crippen LogP contribution in [-0.4, -0.2) is 41.0 Å². The number of pyridine rings is 1. The number of rotatable bonds is 5. The van der Waals surface area contributed by atoms with E-state index in [1.807, 2.05) is 18.3 Å². The Morgan fingerprint density at radius 2 is 1.54 bits per heavy atom. The molecule has 2 atom stereocenters. The smallest absolute Gasteiger partial charge is 0.174 e. The highest BCUT2D eigenvalue weighted by molar-refractivity contribution is 7.80. The first-order valence-corrected chi connectivity index (χ1v) is 14.0. The molecule has 0 amide bonds. The molecule has 4 heterocycles. The molecule has 2 fully saturated rings. The maximum Gasteiger partial charge on any atom is 0.174 e. The van der Waals surface area contributed by atoms with Crippen LogP contribution in [0.3, 0.4) is 0 Å². The molecule has 0 radical (unpaired) electrons. The number of ether oxygens (including phenoxy) is 1. The van der Waals surface area contributed by atoms with Gasteiger partial charge in [-0.25, -0.2) is 0 Å². The van der Waals surface area contributed by atoms with Crippen molar-refractivity contribution in [3.63, 3.8) is 0 Å². The van der Waals surface area contributed by atoms with Crippen LogP contribution < -0.4 is 15.1 Å². The molecule has 0 aliphatic carbocycles. The van der Waals surface area contributed by atoms with Gasteiger partial charge in [-0.2, -0.15) is 0 Å². The van der Waals surface area contributed by atoms with Crippen LogP contribution in [0, 0.1) is 27.7 Å². The fraction of sp³-hybridized carbons (Fsp3) is 0.312. The summed E-state index contributed by atoms with van der Waals surface area (Å²) in [7, 11) is 0. The van der Waals surface area contributed by atoms with E-state index in [0.29, 0.717) is 5.11 Å². The SMILES string of the molecule is Cc1cc(C)cc(-n2c(C)cc([C@H]3[C@@H](c4ccccn4)NC(=S)N3c3ccc(N4CCOCC4)cc3)c2C)c1. The van der Waals surface area contributed by atoms with E-state index >= 15 is 0 Å². The number of hydrogen-bond acceptors (Lipinski definition) is 4. The Hall–Kier alpha value is -3.68. The lowest BCUT2D eigenvalue weighted by Gasteiger charge is -2.31. The van der Waals surface area contributed by atoms with Crippen LogP contribution in [0.5, 0.6) is 0 Å². The predicted octanol–water partition coefficient (Wildman–Crippen LogP) is 6.12. The minimum Gasteiger partial charge on any atom is -0.378 e. The number of benzene rings is 2. The van der Waals surface area contributed by atoms with Crippen molar-refractivity contribution in [3.05, 3.63) is 107 Å². The molecule has 200 valence electrons. The minimum absolute atomic E-state index is 0.0486. The molecule has 2 aliphatic heterocycles. The van der Waals surface area contributed by atoms with Gasteiger partial charge in [-0.15, -0.1) is 0 Å². The van der Waals surface area contributed by atoms with E-state index in [9.17, 15) is 0 Å². The van der Waals surface area contributed by atoms with Gasteiger partial charge in [0.1, 0.15) is 0 Å². The van der Waals surface area contributed by atoms with E-state index < -0.39 is 0 Å². The molecule has 1 N–H and O–H groups in total. The fourth-order valence-electron chi connectivity index (χ4n) is 6.16. The quantitative estimate of drug-likeness (QED) is 0.310. The van der Waals surface area contributed by atoms with Crippen LogP contribution in [0.1, 0.15) is 45.9 Å². The van der Waals surface area contributed by atoms with Gasteiger partial charge < -0.3 is 24.4 Å². The van der Waals surface area contributed by atoms with Gasteiger partial charge in [0, 0.05) is 47.7 Å². The number of nitrogens with zero attached hydrogens (tertiary/aromatic N) is 4. The summed E-state index contributed by atoms with van der Waals surface area (Å²) in [6, 6.07) is 23.8. The van der Waals surface area contributed by atoms with Crippen LogP contribution >= 0.6 is 12.2 Å². The average molecular weight is 538 g/mol. The van der Waals surface area contributed by atoms with E-state index in [2.05, 4.69) is 102 Å². The van der Waals surface area contributed by atoms with Gasteiger partial charge in [0.05, 0.1) is 31.0 Å². The van der Waals surface area contributed by atoms with Crippen molar-refractivity contribution in [1.29, 1.82) is 0 Å². The molecule has 0 unspecified atom stereocenters. The molecule has 2 aliphatic rings. The van der Waals surface area contributed by atoms with E-state index in [1.165, 1.54) is 39.5 Å². The largest absolute Gasteiger partial charge is 0.378 e. The zero-order valence-electron chi connectivity index (χ0n) is 23.0. The number of hydrogen-bond donors (Lipinski definition) is 1. The standard InChI is InChI=1S/C32H35N5OS/c1-21-17-22(2)19-27(18-21)36-23(3)20-28(24(36)4)31-30(29-7-5-6-12-33-29)34-32(39)37(31)26-10-8-25(9-11-26)35-13-15-38-16-14-35/h5-12,17-20,30-31H,13-16H2,1-4H3,(H,34,39)/t30-,31+/m1/s1. The third-order valence-electron chi connectivity index (χ3n) is 7.86. The van der Waals surface area contributed by atoms with Crippen molar-refractivity contribution >= 4 is 28.7 Å². The lowest BCUT2D eigenvalue weighted by atomic mass is 9.96. The van der Waals surface area contributed by atoms with Gasteiger partial charge in [0.15, 0.2) is 5.11 Å². The highest BCUT2D eigenvalue weighted by Crippen LogP contribution is 2.44. The first kappa shape index (κ1) is 25.6. The number of anilines is 2. The first-order valence-electron chi connectivity index (χ1n) is 13.6. The van der Waals surface area contributed by atoms with Crippen molar-refractivity contribution in [2.24, 2.45) is 0 Å². The molecular weight excluding hydrogens is 502 g/mol. The predicted molar refractivity (Wildman–Crippen MR) is 162 cm³/mol. The van der Waals surface area contributed by atoms with Crippen molar-refractivity contribution < 1.29 is 4.74 Å². The number of thiocarbonyl (C=S) groups is 1. The Balaban J connectivity index is 1.44. The lowest BCUT2D eigenvalue weighted by molar-refractivity contribution is 0.122. The summed E-state index contributed by atoms with van der Waals surface area (Å²) in [6.07, 6.45) is 1.86. The maximum atomic E-state index is 6.00. The molecular formula is C32H35N5OS. The molecule has 4 aromatic rings. The summed E-state index contributed by atoms with van der Waals surface area (Å²) in [6.45, 7) is 12.1. The van der Waals surface area contributed by atoms with Crippen molar-refractivity contribution in [1.82, 2.24) is 14.9 Å². The number of aryl methyl sites for hydroxylation is 3. The van der Waals surface area contributed by atoms with Gasteiger partial charge in [0.2, 0.25) is 0 Å². The Labute approximate surface area is 236 Å². The Bertz CT molecular complexity index is 1470. The summed E-state index contributed by atoms with van der Waals surface area (Å²) in [5.41, 5.74) is 10.6. The number of nitrogens with one attached hydrogen (secondary N) is 1. The summed E-state index contributed by atoms with van der Waals surface area (Å²) in [5, 5.41) is 4.33. The lowest BCUT2D eigenvalue weighted by Crippen LogP contribution is -2.36. The van der Waals surface area contributed by atoms with Gasteiger partial charge >= 0.3 is 0 Å². The van der Waals surface area contributed by atoms with Crippen LogP contribution in [0.2, 0.25) is 0 Å². The molecule has 2 saturated heterocycles. The molecule has 7 heteroatoms. The molecule has 0 spiro atoms. The maximum absolute atomic E-state index is 6.00. The zero-order chi connectivity index (χ0) is 27.1. The second-order valence-electron chi connectivity index (χ2n) is 10.6. The number of morpholine rings is 1. The van der Waals surface area contributed by atoms with Crippen LogP contribution in [0.25, 0.3) is 5.69 Å². The van der Waals surface area contributed by atoms with Crippen molar-refractivity contribution in [2.45, 2.75) is 39.8 Å². The fourth-order valence-corrected chi connectivity index (χ4v) is 6.50. The summed E-state index contributed by atoms with van der Waals surface area (Å²) < 4.78 is 7.91. The average Bonchev–Trinajstić information content (AvgIpc) is 3.44.